The second-order valence-corrected chi connectivity index (χ2v) is 5.48. The average Bonchev–Trinajstić information content (AvgIpc) is 2.78. The first-order chi connectivity index (χ1) is 7.39. The van der Waals surface area contributed by atoms with Crippen molar-refractivity contribution in [1.29, 1.82) is 0 Å². The summed E-state index contributed by atoms with van der Waals surface area (Å²) in [6.45, 7) is 13.3. The summed E-state index contributed by atoms with van der Waals surface area (Å²) in [6, 6.07) is 0. The van der Waals surface area contributed by atoms with Gasteiger partial charge in [-0.3, -0.25) is 0 Å². The zero-order valence-electron chi connectivity index (χ0n) is 11.5. The molecule has 0 aliphatic heterocycles. The first-order valence-electron chi connectivity index (χ1n) is 6.33. The molecule has 1 rings (SSSR count). The Morgan fingerprint density at radius 2 is 1.62 bits per heavy atom. The molecule has 0 unspecified atom stereocenters. The van der Waals surface area contributed by atoms with E-state index >= 15 is 0 Å². The van der Waals surface area contributed by atoms with E-state index < -0.39 is 0 Å². The van der Waals surface area contributed by atoms with Crippen LogP contribution < -0.4 is 0 Å². The topological polar surface area (TPSA) is 30.7 Å². The van der Waals surface area contributed by atoms with E-state index in [2.05, 4.69) is 58.1 Å². The molecular formula is C13H25N3. The zero-order valence-corrected chi connectivity index (χ0v) is 11.5. The summed E-state index contributed by atoms with van der Waals surface area (Å²) in [5.41, 5.74) is 1.36. The fraction of sp³-hybridized carbons (Fsp3) is 0.846. The van der Waals surface area contributed by atoms with Crippen molar-refractivity contribution in [2.75, 3.05) is 0 Å². The van der Waals surface area contributed by atoms with E-state index in [4.69, 9.17) is 0 Å². The van der Waals surface area contributed by atoms with Gasteiger partial charge in [-0.25, -0.2) is 4.68 Å². The Labute approximate surface area is 99.2 Å². The summed E-state index contributed by atoms with van der Waals surface area (Å²) in [5, 5.41) is 8.64. The molecule has 3 nitrogen and oxygen atoms in total. The van der Waals surface area contributed by atoms with Gasteiger partial charge in [-0.05, 0) is 33.1 Å². The second kappa shape index (κ2) is 4.56. The number of hydrogen-bond acceptors (Lipinski definition) is 2. The first kappa shape index (κ1) is 13.2. The molecular weight excluding hydrogens is 198 g/mol. The summed E-state index contributed by atoms with van der Waals surface area (Å²) in [6.07, 6.45) is 5.39. The normalized spacial score (nSPS) is 13.1. The molecule has 0 radical (unpaired) electrons. The molecule has 92 valence electrons. The molecule has 0 saturated carbocycles. The molecule has 1 aromatic rings. The minimum Gasteiger partial charge on any atom is -0.247 e. The molecule has 0 spiro atoms. The van der Waals surface area contributed by atoms with E-state index in [0.29, 0.717) is 0 Å². The zero-order chi connectivity index (χ0) is 12.4. The maximum atomic E-state index is 4.36. The highest BCUT2D eigenvalue weighted by molar-refractivity contribution is 5.10. The van der Waals surface area contributed by atoms with E-state index in [0.717, 1.165) is 25.0 Å². The third-order valence-electron chi connectivity index (χ3n) is 4.16. The second-order valence-electron chi connectivity index (χ2n) is 5.48. The Bertz CT molecular complexity index is 335. The minimum absolute atomic E-state index is 0.0631. The molecule has 3 heteroatoms. The molecule has 0 atom stereocenters. The van der Waals surface area contributed by atoms with Gasteiger partial charge in [0.2, 0.25) is 0 Å². The molecule has 1 heterocycles. The van der Waals surface area contributed by atoms with E-state index in [1.165, 1.54) is 0 Å². The Hall–Kier alpha value is -0.860. The van der Waals surface area contributed by atoms with E-state index in [1.807, 2.05) is 4.68 Å². The van der Waals surface area contributed by atoms with Gasteiger partial charge in [0, 0.05) is 11.6 Å². The summed E-state index contributed by atoms with van der Waals surface area (Å²) in [4.78, 5) is 0. The summed E-state index contributed by atoms with van der Waals surface area (Å²) in [7, 11) is 0. The van der Waals surface area contributed by atoms with E-state index in [1.54, 1.807) is 0 Å². The molecule has 0 N–H and O–H groups in total. The summed E-state index contributed by atoms with van der Waals surface area (Å²) >= 11 is 0. The Morgan fingerprint density at radius 1 is 1.06 bits per heavy atom. The van der Waals surface area contributed by atoms with Gasteiger partial charge in [-0.15, -0.1) is 5.10 Å². The van der Waals surface area contributed by atoms with Crippen LogP contribution in [0.2, 0.25) is 0 Å². The van der Waals surface area contributed by atoms with Gasteiger partial charge in [0.05, 0.1) is 11.2 Å². The Balaban J connectivity index is 3.03. The molecule has 16 heavy (non-hydrogen) atoms. The Morgan fingerprint density at radius 3 is 2.06 bits per heavy atom. The van der Waals surface area contributed by atoms with Gasteiger partial charge in [-0.2, -0.15) is 0 Å². The van der Waals surface area contributed by atoms with E-state index in [-0.39, 0.29) is 11.0 Å². The van der Waals surface area contributed by atoms with Crippen molar-refractivity contribution < 1.29 is 0 Å². The van der Waals surface area contributed by atoms with Crippen molar-refractivity contribution in [3.05, 3.63) is 11.9 Å². The third-order valence-corrected chi connectivity index (χ3v) is 4.16. The monoisotopic (exact) mass is 223 g/mol. The smallest absolute Gasteiger partial charge is 0.0886 e. The van der Waals surface area contributed by atoms with Crippen molar-refractivity contribution in [1.82, 2.24) is 15.0 Å². The SMILES string of the molecule is CCC(C)(CC)c1cn(C(C)(C)CC)nn1. The first-order valence-corrected chi connectivity index (χ1v) is 6.33. The highest BCUT2D eigenvalue weighted by Gasteiger charge is 2.28. The predicted octanol–water partition coefficient (Wildman–Crippen LogP) is 3.50. The molecule has 0 bridgehead atoms. The highest BCUT2D eigenvalue weighted by Crippen LogP contribution is 2.30. The predicted molar refractivity (Wildman–Crippen MR) is 67.6 cm³/mol. The summed E-state index contributed by atoms with van der Waals surface area (Å²) < 4.78 is 2.01. The maximum absolute atomic E-state index is 4.36. The van der Waals surface area contributed by atoms with Gasteiger partial charge in [0.15, 0.2) is 0 Å². The van der Waals surface area contributed by atoms with Gasteiger partial charge >= 0.3 is 0 Å². The third kappa shape index (κ3) is 2.28. The van der Waals surface area contributed by atoms with Crippen molar-refractivity contribution in [2.45, 2.75) is 71.8 Å². The fourth-order valence-electron chi connectivity index (χ4n) is 1.61. The van der Waals surface area contributed by atoms with Gasteiger partial charge < -0.3 is 0 Å². The minimum atomic E-state index is 0.0631. The van der Waals surface area contributed by atoms with E-state index in [9.17, 15) is 0 Å². The lowest BCUT2D eigenvalue weighted by atomic mass is 9.82. The molecule has 0 saturated heterocycles. The molecule has 0 aliphatic rings. The largest absolute Gasteiger partial charge is 0.247 e. The van der Waals surface area contributed by atoms with Crippen LogP contribution in [0.5, 0.6) is 0 Å². The Kier molecular flexibility index (Phi) is 3.76. The average molecular weight is 223 g/mol. The van der Waals surface area contributed by atoms with Crippen LogP contribution in [0.1, 0.15) is 66.5 Å². The van der Waals surface area contributed by atoms with Crippen LogP contribution in [-0.4, -0.2) is 15.0 Å². The van der Waals surface area contributed by atoms with Crippen LogP contribution in [0.25, 0.3) is 0 Å². The van der Waals surface area contributed by atoms with Crippen LogP contribution in [0, 0.1) is 0 Å². The van der Waals surface area contributed by atoms with Crippen LogP contribution in [0.15, 0.2) is 6.20 Å². The standard InChI is InChI=1S/C13H25N3/c1-7-12(4,5)16-10-11(14-15-16)13(6,8-2)9-3/h10H,7-9H2,1-6H3. The van der Waals surface area contributed by atoms with Gasteiger partial charge in [-0.1, -0.05) is 32.9 Å². The van der Waals surface area contributed by atoms with Crippen molar-refractivity contribution in [3.8, 4) is 0 Å². The lowest BCUT2D eigenvalue weighted by molar-refractivity contribution is 0.301. The number of rotatable bonds is 5. The van der Waals surface area contributed by atoms with Crippen molar-refractivity contribution in [3.63, 3.8) is 0 Å². The fourth-order valence-corrected chi connectivity index (χ4v) is 1.61. The maximum Gasteiger partial charge on any atom is 0.0886 e. The van der Waals surface area contributed by atoms with Gasteiger partial charge in [0.1, 0.15) is 0 Å². The lowest BCUT2D eigenvalue weighted by Crippen LogP contribution is -2.26. The molecule has 0 amide bonds. The van der Waals surface area contributed by atoms with Crippen molar-refractivity contribution >= 4 is 0 Å². The lowest BCUT2D eigenvalue weighted by Gasteiger charge is -2.25. The number of aromatic nitrogens is 3. The highest BCUT2D eigenvalue weighted by atomic mass is 15.4. The van der Waals surface area contributed by atoms with Crippen LogP contribution >= 0.6 is 0 Å². The molecule has 1 aromatic heterocycles. The molecule has 0 aliphatic carbocycles. The molecule has 0 aromatic carbocycles. The van der Waals surface area contributed by atoms with Crippen LogP contribution in [-0.2, 0) is 11.0 Å². The molecule has 0 fully saturated rings. The van der Waals surface area contributed by atoms with Crippen LogP contribution in [0.4, 0.5) is 0 Å². The number of nitrogens with zero attached hydrogens (tertiary/aromatic N) is 3. The van der Waals surface area contributed by atoms with Gasteiger partial charge in [0.25, 0.3) is 0 Å². The van der Waals surface area contributed by atoms with Crippen molar-refractivity contribution in [2.24, 2.45) is 0 Å². The summed E-state index contributed by atoms with van der Waals surface area (Å²) in [5.74, 6) is 0. The number of hydrogen-bond donors (Lipinski definition) is 0. The van der Waals surface area contributed by atoms with Crippen LogP contribution in [0.3, 0.4) is 0 Å². The quantitative estimate of drug-likeness (QED) is 0.765.